The first-order valence-electron chi connectivity index (χ1n) is 7.16. The molecule has 3 rings (SSSR count). The van der Waals surface area contributed by atoms with E-state index in [-0.39, 0.29) is 22.2 Å². The van der Waals surface area contributed by atoms with E-state index in [9.17, 15) is 13.2 Å². The van der Waals surface area contributed by atoms with Gasteiger partial charge in [0.25, 0.3) is 0 Å². The molecule has 0 spiro atoms. The van der Waals surface area contributed by atoms with Crippen molar-refractivity contribution in [2.75, 3.05) is 6.26 Å². The van der Waals surface area contributed by atoms with Gasteiger partial charge < -0.3 is 4.57 Å². The summed E-state index contributed by atoms with van der Waals surface area (Å²) in [6.45, 7) is 0.0712. The molecular weight excluding hydrogens is 382 g/mol. The molecule has 2 N–H and O–H groups in total. The molecule has 1 heterocycles. The van der Waals surface area contributed by atoms with Crippen molar-refractivity contribution in [3.8, 4) is 0 Å². The first-order chi connectivity index (χ1) is 11.8. The van der Waals surface area contributed by atoms with Crippen LogP contribution >= 0.6 is 23.4 Å². The van der Waals surface area contributed by atoms with Gasteiger partial charge in [-0.1, -0.05) is 35.5 Å². The van der Waals surface area contributed by atoms with E-state index in [0.717, 1.165) is 16.2 Å². The zero-order valence-electron chi connectivity index (χ0n) is 13.1. The van der Waals surface area contributed by atoms with Gasteiger partial charge in [0.2, 0.25) is 10.0 Å². The van der Waals surface area contributed by atoms with Crippen LogP contribution in [-0.4, -0.2) is 30.0 Å². The quantitative estimate of drug-likeness (QED) is 0.529. The summed E-state index contributed by atoms with van der Waals surface area (Å²) in [5.74, 6) is -0.207. The number of nitrogens with two attached hydrogens (primary N) is 1. The van der Waals surface area contributed by atoms with Crippen molar-refractivity contribution in [2.24, 2.45) is 5.14 Å². The molecule has 9 heteroatoms. The third-order valence-corrected chi connectivity index (χ3v) is 5.73. The van der Waals surface area contributed by atoms with Crippen LogP contribution < -0.4 is 5.14 Å². The zero-order valence-corrected chi connectivity index (χ0v) is 15.5. The van der Waals surface area contributed by atoms with Crippen molar-refractivity contribution in [2.45, 2.75) is 16.6 Å². The SMILES string of the molecule is CSc1nc2ccccc2n1CC(=O)c1ccc(S(N)(=O)=O)c(Cl)c1. The molecule has 0 radical (unpaired) electrons. The maximum absolute atomic E-state index is 12.6. The predicted octanol–water partition coefficient (Wildman–Crippen LogP) is 2.94. The highest BCUT2D eigenvalue weighted by Crippen LogP contribution is 2.25. The second kappa shape index (κ2) is 6.80. The van der Waals surface area contributed by atoms with Crippen molar-refractivity contribution in [1.82, 2.24) is 9.55 Å². The lowest BCUT2D eigenvalue weighted by Crippen LogP contribution is -2.14. The van der Waals surface area contributed by atoms with Gasteiger partial charge in [-0.25, -0.2) is 18.5 Å². The Bertz CT molecular complexity index is 1080. The predicted molar refractivity (Wildman–Crippen MR) is 98.7 cm³/mol. The number of hydrogen-bond donors (Lipinski definition) is 1. The van der Waals surface area contributed by atoms with Crippen LogP contribution in [0.25, 0.3) is 11.0 Å². The number of halogens is 1. The maximum Gasteiger partial charge on any atom is 0.239 e. The lowest BCUT2D eigenvalue weighted by atomic mass is 10.1. The number of fused-ring (bicyclic) bond motifs is 1. The van der Waals surface area contributed by atoms with Gasteiger partial charge in [0.15, 0.2) is 10.9 Å². The van der Waals surface area contributed by atoms with Crippen LogP contribution in [0.1, 0.15) is 10.4 Å². The standard InChI is InChI=1S/C16H14ClN3O3S2/c1-24-16-19-12-4-2-3-5-13(12)20(16)9-14(21)10-6-7-15(11(17)8-10)25(18,22)23/h2-8H,9H2,1H3,(H2,18,22,23). The average Bonchev–Trinajstić information content (AvgIpc) is 2.91. The second-order valence-corrected chi connectivity index (χ2v) is 8.00. The Morgan fingerprint density at radius 2 is 2.00 bits per heavy atom. The van der Waals surface area contributed by atoms with Crippen LogP contribution in [0.3, 0.4) is 0 Å². The summed E-state index contributed by atoms with van der Waals surface area (Å²) in [5, 5.41) is 5.73. The summed E-state index contributed by atoms with van der Waals surface area (Å²) in [6.07, 6.45) is 1.89. The highest BCUT2D eigenvalue weighted by molar-refractivity contribution is 7.98. The Hall–Kier alpha value is -1.87. The zero-order chi connectivity index (χ0) is 18.2. The minimum Gasteiger partial charge on any atom is -0.311 e. The molecule has 6 nitrogen and oxygen atoms in total. The van der Waals surface area contributed by atoms with Crippen LogP contribution in [0, 0.1) is 0 Å². The Labute approximate surface area is 154 Å². The molecular formula is C16H14ClN3O3S2. The van der Waals surface area contributed by atoms with Gasteiger partial charge in [0.05, 0.1) is 22.6 Å². The van der Waals surface area contributed by atoms with E-state index in [4.69, 9.17) is 16.7 Å². The fourth-order valence-electron chi connectivity index (χ4n) is 2.50. The minimum atomic E-state index is -3.93. The van der Waals surface area contributed by atoms with E-state index >= 15 is 0 Å². The molecule has 0 aliphatic carbocycles. The fraction of sp³-hybridized carbons (Fsp3) is 0.125. The number of hydrogen-bond acceptors (Lipinski definition) is 5. The van der Waals surface area contributed by atoms with Crippen LogP contribution in [0.2, 0.25) is 5.02 Å². The highest BCUT2D eigenvalue weighted by Gasteiger charge is 2.18. The largest absolute Gasteiger partial charge is 0.311 e. The van der Waals surface area contributed by atoms with Crippen LogP contribution in [0.5, 0.6) is 0 Å². The molecule has 130 valence electrons. The Kier molecular flexibility index (Phi) is 4.88. The molecule has 25 heavy (non-hydrogen) atoms. The molecule has 0 saturated heterocycles. The van der Waals surface area contributed by atoms with Gasteiger partial charge in [-0.05, 0) is 36.6 Å². The van der Waals surface area contributed by atoms with Gasteiger partial charge in [-0.3, -0.25) is 4.79 Å². The maximum atomic E-state index is 12.6. The first kappa shape index (κ1) is 17.9. The van der Waals surface area contributed by atoms with Crippen molar-refractivity contribution in [3.63, 3.8) is 0 Å². The minimum absolute atomic E-state index is 0.0712. The number of primary sulfonamides is 1. The highest BCUT2D eigenvalue weighted by atomic mass is 35.5. The second-order valence-electron chi connectivity index (χ2n) is 5.29. The fourth-order valence-corrected chi connectivity index (χ4v) is 4.17. The number of aromatic nitrogens is 2. The van der Waals surface area contributed by atoms with Gasteiger partial charge in [-0.15, -0.1) is 0 Å². The molecule has 2 aromatic carbocycles. The van der Waals surface area contributed by atoms with Crippen molar-refractivity contribution in [1.29, 1.82) is 0 Å². The van der Waals surface area contributed by atoms with Crippen molar-refractivity contribution < 1.29 is 13.2 Å². The number of sulfonamides is 1. The van der Waals surface area contributed by atoms with E-state index in [2.05, 4.69) is 4.98 Å². The van der Waals surface area contributed by atoms with Crippen molar-refractivity contribution >= 4 is 50.2 Å². The Balaban J connectivity index is 1.97. The lowest BCUT2D eigenvalue weighted by molar-refractivity contribution is 0.0970. The number of thioether (sulfide) groups is 1. The molecule has 0 aliphatic heterocycles. The van der Waals surface area contributed by atoms with Gasteiger partial charge >= 0.3 is 0 Å². The number of imidazole rings is 1. The first-order valence-corrected chi connectivity index (χ1v) is 10.3. The smallest absolute Gasteiger partial charge is 0.239 e. The monoisotopic (exact) mass is 395 g/mol. The summed E-state index contributed by atoms with van der Waals surface area (Å²) >= 11 is 7.40. The van der Waals surface area contributed by atoms with Crippen LogP contribution in [-0.2, 0) is 16.6 Å². The molecule has 0 aliphatic rings. The van der Waals surface area contributed by atoms with E-state index in [1.165, 1.54) is 30.0 Å². The Morgan fingerprint density at radius 3 is 2.64 bits per heavy atom. The van der Waals surface area contributed by atoms with Gasteiger partial charge in [0.1, 0.15) is 4.90 Å². The van der Waals surface area contributed by atoms with Gasteiger partial charge in [0, 0.05) is 5.56 Å². The molecule has 0 atom stereocenters. The molecule has 0 bridgehead atoms. The summed E-state index contributed by atoms with van der Waals surface area (Å²) in [5.41, 5.74) is 1.97. The topological polar surface area (TPSA) is 95.0 Å². The molecule has 0 saturated carbocycles. The molecule has 3 aromatic rings. The molecule has 0 unspecified atom stereocenters. The number of Topliss-reactive ketones (excluding diaryl/α,β-unsaturated/α-hetero) is 1. The number of rotatable bonds is 5. The number of ketones is 1. The Morgan fingerprint density at radius 1 is 1.28 bits per heavy atom. The molecule has 1 aromatic heterocycles. The molecule has 0 amide bonds. The number of benzene rings is 2. The summed E-state index contributed by atoms with van der Waals surface area (Å²) in [7, 11) is -3.93. The van der Waals surface area contributed by atoms with E-state index in [0.29, 0.717) is 5.56 Å². The van der Waals surface area contributed by atoms with E-state index < -0.39 is 10.0 Å². The van der Waals surface area contributed by atoms with E-state index in [1.54, 1.807) is 0 Å². The summed E-state index contributed by atoms with van der Waals surface area (Å²) < 4.78 is 24.7. The van der Waals surface area contributed by atoms with Crippen LogP contribution in [0.4, 0.5) is 0 Å². The number of carbonyl (C=O) groups is 1. The van der Waals surface area contributed by atoms with Gasteiger partial charge in [-0.2, -0.15) is 0 Å². The number of para-hydroxylation sites is 2. The summed E-state index contributed by atoms with van der Waals surface area (Å²) in [6, 6.07) is 11.5. The third kappa shape index (κ3) is 3.57. The van der Waals surface area contributed by atoms with Crippen molar-refractivity contribution in [3.05, 3.63) is 53.1 Å². The van der Waals surface area contributed by atoms with E-state index in [1.807, 2.05) is 35.1 Å². The number of carbonyl (C=O) groups excluding carboxylic acids is 1. The van der Waals surface area contributed by atoms with Crippen LogP contribution in [0.15, 0.2) is 52.5 Å². The summed E-state index contributed by atoms with van der Waals surface area (Å²) in [4.78, 5) is 16.9. The lowest BCUT2D eigenvalue weighted by Gasteiger charge is -2.08. The number of nitrogens with zero attached hydrogens (tertiary/aromatic N) is 2. The average molecular weight is 396 g/mol. The normalized spacial score (nSPS) is 11.8. The molecule has 0 fully saturated rings. The third-order valence-electron chi connectivity index (χ3n) is 3.66.